The minimum atomic E-state index is -4.59. The summed E-state index contributed by atoms with van der Waals surface area (Å²) >= 11 is 1.62. The van der Waals surface area contributed by atoms with Crippen LogP contribution in [0.2, 0.25) is 0 Å². The molecule has 0 aliphatic rings. The highest BCUT2D eigenvalue weighted by molar-refractivity contribution is 14.1. The van der Waals surface area contributed by atoms with Crippen molar-refractivity contribution in [3.8, 4) is 0 Å². The third kappa shape index (κ3) is 2.60. The molecule has 0 radical (unpaired) electrons. The second-order valence-corrected chi connectivity index (χ2v) is 4.25. The lowest BCUT2D eigenvalue weighted by atomic mass is 10.0. The van der Waals surface area contributed by atoms with E-state index in [1.54, 1.807) is 22.6 Å². The summed E-state index contributed by atoms with van der Waals surface area (Å²) in [5.41, 5.74) is -1.40. The van der Waals surface area contributed by atoms with E-state index in [0.717, 1.165) is 19.1 Å². The number of Topliss-reactive ketones (excluding diaryl/α,β-unsaturated/α-hetero) is 1. The summed E-state index contributed by atoms with van der Waals surface area (Å²) in [5.74, 6) is -0.716. The zero-order valence-electron chi connectivity index (χ0n) is 8.06. The number of benzene rings is 1. The third-order valence-corrected chi connectivity index (χ3v) is 2.88. The second kappa shape index (κ2) is 4.52. The van der Waals surface area contributed by atoms with Crippen LogP contribution in [0.15, 0.2) is 12.1 Å². The second-order valence-electron chi connectivity index (χ2n) is 3.09. The molecular formula is C10H6F3IO2. The Bertz CT molecular complexity index is 452. The van der Waals surface area contributed by atoms with Crippen LogP contribution in [0.25, 0.3) is 0 Å². The molecule has 0 saturated carbocycles. The van der Waals surface area contributed by atoms with Crippen LogP contribution in [-0.4, -0.2) is 12.1 Å². The number of carbonyl (C=O) groups excluding carboxylic acids is 2. The standard InChI is InChI=1S/C10H6F3IO2/c1-5(16)7-2-6(4-15)9(14)3-8(7)10(11,12)13/h2-4H,1H3. The van der Waals surface area contributed by atoms with Crippen molar-refractivity contribution in [2.24, 2.45) is 0 Å². The van der Waals surface area contributed by atoms with Gasteiger partial charge in [0, 0.05) is 14.7 Å². The Kier molecular flexibility index (Phi) is 3.72. The molecule has 0 aromatic heterocycles. The maximum Gasteiger partial charge on any atom is 0.417 e. The Morgan fingerprint density at radius 3 is 2.31 bits per heavy atom. The SMILES string of the molecule is CC(=O)c1cc(C=O)c(I)cc1C(F)(F)F. The van der Waals surface area contributed by atoms with Crippen LogP contribution in [0.4, 0.5) is 13.2 Å². The highest BCUT2D eigenvalue weighted by Gasteiger charge is 2.35. The average molecular weight is 342 g/mol. The molecule has 86 valence electrons. The van der Waals surface area contributed by atoms with E-state index in [4.69, 9.17) is 0 Å². The summed E-state index contributed by atoms with van der Waals surface area (Å²) in [7, 11) is 0. The number of alkyl halides is 3. The van der Waals surface area contributed by atoms with Crippen molar-refractivity contribution in [1.82, 2.24) is 0 Å². The van der Waals surface area contributed by atoms with Gasteiger partial charge in [0.2, 0.25) is 0 Å². The Morgan fingerprint density at radius 2 is 1.94 bits per heavy atom. The van der Waals surface area contributed by atoms with Crippen molar-refractivity contribution in [2.45, 2.75) is 13.1 Å². The molecule has 2 nitrogen and oxygen atoms in total. The van der Waals surface area contributed by atoms with Gasteiger partial charge in [-0.3, -0.25) is 9.59 Å². The van der Waals surface area contributed by atoms with E-state index in [1.807, 2.05) is 0 Å². The van der Waals surface area contributed by atoms with Gasteiger partial charge >= 0.3 is 6.18 Å². The number of rotatable bonds is 2. The van der Waals surface area contributed by atoms with E-state index in [0.29, 0.717) is 6.29 Å². The fourth-order valence-corrected chi connectivity index (χ4v) is 1.80. The molecule has 0 amide bonds. The third-order valence-electron chi connectivity index (χ3n) is 1.95. The van der Waals surface area contributed by atoms with E-state index in [1.165, 1.54) is 0 Å². The van der Waals surface area contributed by atoms with E-state index in [2.05, 4.69) is 0 Å². The van der Waals surface area contributed by atoms with Gasteiger partial charge in [0.25, 0.3) is 0 Å². The normalized spacial score (nSPS) is 11.3. The lowest BCUT2D eigenvalue weighted by molar-refractivity contribution is -0.138. The molecule has 1 aromatic carbocycles. The largest absolute Gasteiger partial charge is 0.417 e. The van der Waals surface area contributed by atoms with Crippen molar-refractivity contribution in [3.05, 3.63) is 32.4 Å². The molecule has 6 heteroatoms. The molecule has 0 spiro atoms. The molecule has 0 bridgehead atoms. The van der Waals surface area contributed by atoms with Gasteiger partial charge in [-0.05, 0) is 41.6 Å². The van der Waals surface area contributed by atoms with E-state index < -0.39 is 23.1 Å². The molecule has 0 unspecified atom stereocenters. The number of aldehydes is 1. The summed E-state index contributed by atoms with van der Waals surface area (Å²) in [4.78, 5) is 21.6. The van der Waals surface area contributed by atoms with Gasteiger partial charge < -0.3 is 0 Å². The Balaban J connectivity index is 3.55. The molecule has 0 saturated heterocycles. The first-order valence-electron chi connectivity index (χ1n) is 4.14. The van der Waals surface area contributed by atoms with E-state index >= 15 is 0 Å². The van der Waals surface area contributed by atoms with Crippen LogP contribution in [0.3, 0.4) is 0 Å². The quantitative estimate of drug-likeness (QED) is 0.469. The minimum absolute atomic E-state index is 0.0822. The van der Waals surface area contributed by atoms with E-state index in [-0.39, 0.29) is 9.13 Å². The van der Waals surface area contributed by atoms with Gasteiger partial charge in [0.15, 0.2) is 12.1 Å². The summed E-state index contributed by atoms with van der Waals surface area (Å²) in [6, 6.07) is 1.78. The molecule has 0 fully saturated rings. The van der Waals surface area contributed by atoms with Crippen molar-refractivity contribution >= 4 is 34.7 Å². The van der Waals surface area contributed by atoms with Crippen LogP contribution in [0.5, 0.6) is 0 Å². The van der Waals surface area contributed by atoms with Crippen molar-refractivity contribution < 1.29 is 22.8 Å². The smallest absolute Gasteiger partial charge is 0.298 e. The number of halogens is 4. The van der Waals surface area contributed by atoms with Gasteiger partial charge in [-0.1, -0.05) is 0 Å². The predicted molar refractivity (Wildman–Crippen MR) is 59.6 cm³/mol. The number of hydrogen-bond donors (Lipinski definition) is 0. The molecule has 0 aliphatic carbocycles. The predicted octanol–water partition coefficient (Wildman–Crippen LogP) is 3.33. The molecule has 16 heavy (non-hydrogen) atoms. The molecule has 0 atom stereocenters. The van der Waals surface area contributed by atoms with Gasteiger partial charge in [-0.15, -0.1) is 0 Å². The zero-order valence-corrected chi connectivity index (χ0v) is 10.2. The molecule has 0 heterocycles. The summed E-state index contributed by atoms with van der Waals surface area (Å²) < 4.78 is 37.9. The minimum Gasteiger partial charge on any atom is -0.298 e. The zero-order chi connectivity index (χ0) is 12.5. The van der Waals surface area contributed by atoms with Crippen LogP contribution < -0.4 is 0 Å². The van der Waals surface area contributed by atoms with Crippen LogP contribution >= 0.6 is 22.6 Å². The van der Waals surface area contributed by atoms with Crippen molar-refractivity contribution in [1.29, 1.82) is 0 Å². The summed E-state index contributed by atoms with van der Waals surface area (Å²) in [6.45, 7) is 1.03. The van der Waals surface area contributed by atoms with Gasteiger partial charge in [-0.25, -0.2) is 0 Å². The fraction of sp³-hybridized carbons (Fsp3) is 0.200. The highest BCUT2D eigenvalue weighted by atomic mass is 127. The van der Waals surface area contributed by atoms with Crippen LogP contribution in [0.1, 0.15) is 33.2 Å². The lowest BCUT2D eigenvalue weighted by Crippen LogP contribution is -2.13. The van der Waals surface area contributed by atoms with Crippen LogP contribution in [0, 0.1) is 3.57 Å². The Hall–Kier alpha value is -0.920. The van der Waals surface area contributed by atoms with E-state index in [9.17, 15) is 22.8 Å². The van der Waals surface area contributed by atoms with Gasteiger partial charge in [0.1, 0.15) is 0 Å². The van der Waals surface area contributed by atoms with Crippen molar-refractivity contribution in [2.75, 3.05) is 0 Å². The number of ketones is 1. The Morgan fingerprint density at radius 1 is 1.38 bits per heavy atom. The first-order chi connectivity index (χ1) is 7.27. The van der Waals surface area contributed by atoms with Crippen molar-refractivity contribution in [3.63, 3.8) is 0 Å². The maximum absolute atomic E-state index is 12.6. The molecule has 1 rings (SSSR count). The fourth-order valence-electron chi connectivity index (χ4n) is 1.21. The molecule has 0 N–H and O–H groups in total. The monoisotopic (exact) mass is 342 g/mol. The average Bonchev–Trinajstić information content (AvgIpc) is 2.15. The first kappa shape index (κ1) is 13.1. The Labute approximate surface area is 103 Å². The van der Waals surface area contributed by atoms with Gasteiger partial charge in [-0.2, -0.15) is 13.2 Å². The molecule has 0 aliphatic heterocycles. The summed E-state index contributed by atoms with van der Waals surface area (Å²) in [5, 5.41) is 0. The lowest BCUT2D eigenvalue weighted by Gasteiger charge is -2.12. The number of carbonyl (C=O) groups is 2. The first-order valence-corrected chi connectivity index (χ1v) is 5.22. The van der Waals surface area contributed by atoms with Gasteiger partial charge in [0.05, 0.1) is 5.56 Å². The maximum atomic E-state index is 12.6. The number of hydrogen-bond acceptors (Lipinski definition) is 2. The topological polar surface area (TPSA) is 34.1 Å². The van der Waals surface area contributed by atoms with Crippen LogP contribution in [-0.2, 0) is 6.18 Å². The summed E-state index contributed by atoms with van der Waals surface area (Å²) in [6.07, 6.45) is -4.17. The molecular weight excluding hydrogens is 336 g/mol. The highest BCUT2D eigenvalue weighted by Crippen LogP contribution is 2.34. The molecule has 1 aromatic rings.